The molecule has 8 heteroatoms. The fourth-order valence-electron chi connectivity index (χ4n) is 2.27. The fourth-order valence-corrected chi connectivity index (χ4v) is 2.27. The number of nitrogens with zero attached hydrogens (tertiary/aromatic N) is 2. The van der Waals surface area contributed by atoms with Crippen molar-refractivity contribution in [1.29, 1.82) is 0 Å². The van der Waals surface area contributed by atoms with Crippen LogP contribution in [0.2, 0.25) is 0 Å². The molecule has 0 bridgehead atoms. The van der Waals surface area contributed by atoms with Crippen molar-refractivity contribution in [1.82, 2.24) is 9.97 Å². The van der Waals surface area contributed by atoms with Crippen molar-refractivity contribution in [3.63, 3.8) is 0 Å². The van der Waals surface area contributed by atoms with Crippen molar-refractivity contribution in [2.75, 3.05) is 5.32 Å². The number of alkyl halides is 3. The Morgan fingerprint density at radius 1 is 0.962 bits per heavy atom. The Morgan fingerprint density at radius 2 is 1.62 bits per heavy atom. The number of hydrogen-bond acceptors (Lipinski definition) is 5. The summed E-state index contributed by atoms with van der Waals surface area (Å²) in [7, 11) is 0. The SMILES string of the molecule is Cc1ccc(-c2ncnc(Nc3ccc(OC(F)(F)F)cc3)c2O)cc1. The lowest BCUT2D eigenvalue weighted by Crippen LogP contribution is -2.16. The van der Waals surface area contributed by atoms with E-state index in [0.29, 0.717) is 16.9 Å². The highest BCUT2D eigenvalue weighted by Crippen LogP contribution is 2.34. The third-order valence-electron chi connectivity index (χ3n) is 3.50. The first kappa shape index (κ1) is 17.5. The van der Waals surface area contributed by atoms with Gasteiger partial charge < -0.3 is 15.2 Å². The van der Waals surface area contributed by atoms with Gasteiger partial charge in [0, 0.05) is 11.3 Å². The van der Waals surface area contributed by atoms with Crippen molar-refractivity contribution >= 4 is 11.5 Å². The molecular formula is C18H14F3N3O2. The molecule has 2 N–H and O–H groups in total. The molecule has 3 rings (SSSR count). The molecule has 134 valence electrons. The number of ether oxygens (including phenoxy) is 1. The summed E-state index contributed by atoms with van der Waals surface area (Å²) >= 11 is 0. The van der Waals surface area contributed by atoms with Gasteiger partial charge in [-0.15, -0.1) is 13.2 Å². The van der Waals surface area contributed by atoms with Crippen LogP contribution >= 0.6 is 0 Å². The summed E-state index contributed by atoms with van der Waals surface area (Å²) in [6.07, 6.45) is -3.46. The molecular weight excluding hydrogens is 347 g/mol. The predicted molar refractivity (Wildman–Crippen MR) is 90.3 cm³/mol. The lowest BCUT2D eigenvalue weighted by atomic mass is 10.1. The molecule has 0 aliphatic heterocycles. The summed E-state index contributed by atoms with van der Waals surface area (Å²) in [5, 5.41) is 13.3. The molecule has 1 heterocycles. The molecule has 0 aliphatic carbocycles. The Hall–Kier alpha value is -3.29. The Kier molecular flexibility index (Phi) is 4.66. The molecule has 5 nitrogen and oxygen atoms in total. The van der Waals surface area contributed by atoms with Crippen molar-refractivity contribution in [2.24, 2.45) is 0 Å². The fraction of sp³-hybridized carbons (Fsp3) is 0.111. The van der Waals surface area contributed by atoms with Crippen LogP contribution in [0.25, 0.3) is 11.3 Å². The molecule has 0 radical (unpaired) electrons. The first-order valence-electron chi connectivity index (χ1n) is 7.56. The Balaban J connectivity index is 1.82. The highest BCUT2D eigenvalue weighted by molar-refractivity contribution is 5.74. The molecule has 0 spiro atoms. The van der Waals surface area contributed by atoms with E-state index >= 15 is 0 Å². The van der Waals surface area contributed by atoms with E-state index in [4.69, 9.17) is 0 Å². The smallest absolute Gasteiger partial charge is 0.503 e. The maximum absolute atomic E-state index is 12.2. The summed E-state index contributed by atoms with van der Waals surface area (Å²) in [5.41, 5.74) is 2.57. The highest BCUT2D eigenvalue weighted by atomic mass is 19.4. The zero-order valence-electron chi connectivity index (χ0n) is 13.6. The number of aromatic hydroxyl groups is 1. The van der Waals surface area contributed by atoms with Crippen molar-refractivity contribution in [3.8, 4) is 22.8 Å². The van der Waals surface area contributed by atoms with Gasteiger partial charge in [-0.25, -0.2) is 9.97 Å². The molecule has 0 saturated carbocycles. The second kappa shape index (κ2) is 6.91. The van der Waals surface area contributed by atoms with Crippen LogP contribution in [0, 0.1) is 6.92 Å². The van der Waals surface area contributed by atoms with Crippen LogP contribution < -0.4 is 10.1 Å². The number of benzene rings is 2. The van der Waals surface area contributed by atoms with E-state index in [1.807, 2.05) is 31.2 Å². The summed E-state index contributed by atoms with van der Waals surface area (Å²) < 4.78 is 40.4. The average molecular weight is 361 g/mol. The molecule has 1 aromatic heterocycles. The Bertz CT molecular complexity index is 895. The van der Waals surface area contributed by atoms with Crippen molar-refractivity contribution in [2.45, 2.75) is 13.3 Å². The molecule has 0 aliphatic rings. The molecule has 3 aromatic rings. The number of aryl methyl sites for hydroxylation is 1. The van der Waals surface area contributed by atoms with Gasteiger partial charge in [0.15, 0.2) is 11.6 Å². The van der Waals surface area contributed by atoms with Gasteiger partial charge in [0.05, 0.1) is 0 Å². The van der Waals surface area contributed by atoms with Crippen LogP contribution in [-0.2, 0) is 0 Å². The zero-order valence-corrected chi connectivity index (χ0v) is 13.6. The molecule has 0 unspecified atom stereocenters. The van der Waals surface area contributed by atoms with Gasteiger partial charge in [0.25, 0.3) is 0 Å². The summed E-state index contributed by atoms with van der Waals surface area (Å²) in [4.78, 5) is 8.06. The first-order valence-corrected chi connectivity index (χ1v) is 7.56. The average Bonchev–Trinajstić information content (AvgIpc) is 2.58. The minimum absolute atomic E-state index is 0.139. The van der Waals surface area contributed by atoms with Crippen molar-refractivity contribution < 1.29 is 23.0 Å². The standard InChI is InChI=1S/C18H14F3N3O2/c1-11-2-4-12(5-3-11)15-16(25)17(23-10-22-15)24-13-6-8-14(9-7-13)26-18(19,20)21/h2-10,25H,1H3,(H,22,23,24). The number of halogens is 3. The van der Waals surface area contributed by atoms with Gasteiger partial charge in [-0.05, 0) is 31.2 Å². The minimum Gasteiger partial charge on any atom is -0.503 e. The van der Waals surface area contributed by atoms with E-state index in [-0.39, 0.29) is 17.3 Å². The van der Waals surface area contributed by atoms with Gasteiger partial charge >= 0.3 is 6.36 Å². The summed E-state index contributed by atoms with van der Waals surface area (Å²) in [6, 6.07) is 12.5. The van der Waals surface area contributed by atoms with E-state index < -0.39 is 6.36 Å². The van der Waals surface area contributed by atoms with Crippen LogP contribution in [0.4, 0.5) is 24.7 Å². The normalized spacial score (nSPS) is 11.2. The first-order chi connectivity index (χ1) is 12.3. The van der Waals surface area contributed by atoms with E-state index in [9.17, 15) is 18.3 Å². The quantitative estimate of drug-likeness (QED) is 0.699. The third-order valence-corrected chi connectivity index (χ3v) is 3.50. The second-order valence-electron chi connectivity index (χ2n) is 5.48. The zero-order chi connectivity index (χ0) is 18.7. The maximum atomic E-state index is 12.2. The topological polar surface area (TPSA) is 67.3 Å². The van der Waals surface area contributed by atoms with Gasteiger partial charge in [0.1, 0.15) is 17.8 Å². The molecule has 26 heavy (non-hydrogen) atoms. The van der Waals surface area contributed by atoms with Gasteiger partial charge in [-0.2, -0.15) is 0 Å². The molecule has 0 atom stereocenters. The number of anilines is 2. The van der Waals surface area contributed by atoms with E-state index in [1.54, 1.807) is 0 Å². The number of hydrogen-bond donors (Lipinski definition) is 2. The monoisotopic (exact) mass is 361 g/mol. The van der Waals surface area contributed by atoms with E-state index in [2.05, 4.69) is 20.0 Å². The molecule has 0 amide bonds. The van der Waals surface area contributed by atoms with Crippen LogP contribution in [0.1, 0.15) is 5.56 Å². The maximum Gasteiger partial charge on any atom is 0.573 e. The van der Waals surface area contributed by atoms with Gasteiger partial charge in [-0.3, -0.25) is 0 Å². The third kappa shape index (κ3) is 4.21. The Morgan fingerprint density at radius 3 is 2.23 bits per heavy atom. The number of aromatic nitrogens is 2. The minimum atomic E-state index is -4.75. The highest BCUT2D eigenvalue weighted by Gasteiger charge is 2.30. The van der Waals surface area contributed by atoms with Crippen LogP contribution in [-0.4, -0.2) is 21.4 Å². The lowest BCUT2D eigenvalue weighted by molar-refractivity contribution is -0.274. The largest absolute Gasteiger partial charge is 0.573 e. The summed E-state index contributed by atoms with van der Waals surface area (Å²) in [5.74, 6) is -0.359. The van der Waals surface area contributed by atoms with Gasteiger partial charge in [0.2, 0.25) is 0 Å². The molecule has 2 aromatic carbocycles. The number of nitrogens with one attached hydrogen (secondary N) is 1. The van der Waals surface area contributed by atoms with Crippen LogP contribution in [0.15, 0.2) is 54.9 Å². The number of rotatable bonds is 4. The van der Waals surface area contributed by atoms with Gasteiger partial charge in [-0.1, -0.05) is 29.8 Å². The second-order valence-corrected chi connectivity index (χ2v) is 5.48. The molecule has 0 fully saturated rings. The van der Waals surface area contributed by atoms with Crippen LogP contribution in [0.3, 0.4) is 0 Å². The summed E-state index contributed by atoms with van der Waals surface area (Å²) in [6.45, 7) is 1.95. The van der Waals surface area contributed by atoms with E-state index in [1.165, 1.54) is 18.5 Å². The Labute approximate surface area is 147 Å². The predicted octanol–water partition coefficient (Wildman–Crippen LogP) is 4.80. The van der Waals surface area contributed by atoms with Crippen LogP contribution in [0.5, 0.6) is 11.5 Å². The van der Waals surface area contributed by atoms with E-state index in [0.717, 1.165) is 17.7 Å². The molecule has 0 saturated heterocycles. The van der Waals surface area contributed by atoms with Crippen molar-refractivity contribution in [3.05, 3.63) is 60.4 Å². The lowest BCUT2D eigenvalue weighted by Gasteiger charge is -2.12.